The van der Waals surface area contributed by atoms with Crippen LogP contribution >= 0.6 is 0 Å². The number of Topliss-reactive ketones (excluding diaryl/α,β-unsaturated/α-hetero) is 1. The van der Waals surface area contributed by atoms with Crippen LogP contribution < -0.4 is 11.1 Å². The van der Waals surface area contributed by atoms with Gasteiger partial charge >= 0.3 is 6.09 Å². The summed E-state index contributed by atoms with van der Waals surface area (Å²) in [6.07, 6.45) is 3.61. The average Bonchev–Trinajstić information content (AvgIpc) is 2.90. The highest BCUT2D eigenvalue weighted by Crippen LogP contribution is 2.29. The van der Waals surface area contributed by atoms with E-state index in [9.17, 15) is 24.3 Å². The molecule has 0 spiro atoms. The molecule has 1 aliphatic heterocycles. The van der Waals surface area contributed by atoms with Gasteiger partial charge in [0.2, 0.25) is 11.6 Å². The number of carbonyl (C=O) groups is 4. The molecule has 1 heterocycles. The molecule has 0 radical (unpaired) electrons. The number of allylic oxidation sites excluding steroid dienone is 4. The number of nitrogens with one attached hydrogen (secondary N) is 1. The van der Waals surface area contributed by atoms with Gasteiger partial charge in [0.25, 0.3) is 5.91 Å². The molecule has 0 aromatic rings. The fourth-order valence-electron chi connectivity index (χ4n) is 4.78. The summed E-state index contributed by atoms with van der Waals surface area (Å²) in [5.74, 6) is -2.39. The zero-order chi connectivity index (χ0) is 30.1. The fraction of sp³-hybridized carbons (Fsp3) is 0.517. The number of primary amides is 1. The maximum Gasteiger partial charge on any atom is 0.405 e. The number of methoxy groups -OCH3 is 3. The van der Waals surface area contributed by atoms with Crippen molar-refractivity contribution in [1.82, 2.24) is 5.32 Å². The zero-order valence-corrected chi connectivity index (χ0v) is 24.1. The largest absolute Gasteiger partial charge is 0.492 e. The van der Waals surface area contributed by atoms with Crippen LogP contribution in [0.2, 0.25) is 0 Å². The Morgan fingerprint density at radius 1 is 1.10 bits per heavy atom. The second-order valence-electron chi connectivity index (χ2n) is 10.1. The first-order chi connectivity index (χ1) is 18.8. The first kappa shape index (κ1) is 32.7. The Bertz CT molecular complexity index is 1150. The van der Waals surface area contributed by atoms with E-state index < -0.39 is 53.9 Å². The first-order valence-corrected chi connectivity index (χ1v) is 13.0. The Kier molecular flexibility index (Phi) is 12.0. The molecule has 2 rings (SSSR count). The van der Waals surface area contributed by atoms with Crippen molar-refractivity contribution >= 4 is 23.6 Å². The van der Waals surface area contributed by atoms with Crippen molar-refractivity contribution in [2.75, 3.05) is 21.3 Å². The van der Waals surface area contributed by atoms with Crippen molar-refractivity contribution < 1.29 is 43.2 Å². The summed E-state index contributed by atoms with van der Waals surface area (Å²) in [5.41, 5.74) is 6.12. The number of carbonyl (C=O) groups excluding carboxylic acids is 4. The van der Waals surface area contributed by atoms with Gasteiger partial charge < -0.3 is 35.1 Å². The lowest BCUT2D eigenvalue weighted by molar-refractivity contribution is -0.120. The molecule has 220 valence electrons. The lowest BCUT2D eigenvalue weighted by Gasteiger charge is -2.29. The van der Waals surface area contributed by atoms with Crippen molar-refractivity contribution in [2.24, 2.45) is 17.6 Å². The van der Waals surface area contributed by atoms with E-state index in [0.29, 0.717) is 12.0 Å². The summed E-state index contributed by atoms with van der Waals surface area (Å²) >= 11 is 0. The third kappa shape index (κ3) is 8.23. The molecule has 2 aliphatic rings. The first-order valence-electron chi connectivity index (χ1n) is 13.0. The molecule has 0 saturated heterocycles. The number of ether oxygens (including phenoxy) is 4. The summed E-state index contributed by atoms with van der Waals surface area (Å²) in [4.78, 5) is 50.6. The highest BCUT2D eigenvalue weighted by atomic mass is 16.6. The lowest BCUT2D eigenvalue weighted by atomic mass is 9.85. The number of ketones is 2. The van der Waals surface area contributed by atoms with Gasteiger partial charge in [-0.3, -0.25) is 14.4 Å². The number of aliphatic hydroxyl groups excluding tert-OH is 1. The Morgan fingerprint density at radius 3 is 2.35 bits per heavy atom. The van der Waals surface area contributed by atoms with Crippen molar-refractivity contribution in [3.05, 3.63) is 58.6 Å². The van der Waals surface area contributed by atoms with E-state index in [-0.39, 0.29) is 34.9 Å². The van der Waals surface area contributed by atoms with Gasteiger partial charge in [0.15, 0.2) is 11.9 Å². The molecule has 0 saturated carbocycles. The van der Waals surface area contributed by atoms with Gasteiger partial charge in [0, 0.05) is 37.4 Å². The van der Waals surface area contributed by atoms with Gasteiger partial charge in [-0.15, -0.1) is 0 Å². The third-order valence-corrected chi connectivity index (χ3v) is 6.95. The second-order valence-corrected chi connectivity index (χ2v) is 10.1. The zero-order valence-electron chi connectivity index (χ0n) is 24.1. The van der Waals surface area contributed by atoms with Gasteiger partial charge in [-0.1, -0.05) is 38.2 Å². The minimum Gasteiger partial charge on any atom is -0.492 e. The molecule has 0 aromatic carbocycles. The monoisotopic (exact) mass is 560 g/mol. The van der Waals surface area contributed by atoms with E-state index in [4.69, 9.17) is 24.7 Å². The Labute approximate surface area is 234 Å². The molecule has 11 heteroatoms. The Hall–Kier alpha value is -3.54. The predicted octanol–water partition coefficient (Wildman–Crippen LogP) is 2.41. The van der Waals surface area contributed by atoms with Crippen molar-refractivity contribution in [1.29, 1.82) is 0 Å². The van der Waals surface area contributed by atoms with Crippen LogP contribution in [0.15, 0.2) is 58.6 Å². The maximum absolute atomic E-state index is 13.3. The fourth-order valence-corrected chi connectivity index (χ4v) is 4.78. The number of hydrogen-bond donors (Lipinski definition) is 3. The minimum absolute atomic E-state index is 0.0801. The van der Waals surface area contributed by atoms with Crippen LogP contribution in [0, 0.1) is 11.8 Å². The van der Waals surface area contributed by atoms with Crippen LogP contribution in [-0.4, -0.2) is 74.4 Å². The van der Waals surface area contributed by atoms with E-state index in [0.717, 1.165) is 6.08 Å². The molecule has 2 bridgehead atoms. The molecule has 2 amide bonds. The Balaban J connectivity index is 2.60. The van der Waals surface area contributed by atoms with E-state index in [2.05, 4.69) is 5.32 Å². The number of fused-ring (bicyclic) bond motifs is 2. The number of nitrogens with two attached hydrogens (primary N) is 1. The van der Waals surface area contributed by atoms with Crippen LogP contribution in [0.3, 0.4) is 0 Å². The number of hydrogen-bond acceptors (Lipinski definition) is 9. The smallest absolute Gasteiger partial charge is 0.405 e. The molecule has 1 aliphatic carbocycles. The van der Waals surface area contributed by atoms with E-state index >= 15 is 0 Å². The molecule has 40 heavy (non-hydrogen) atoms. The van der Waals surface area contributed by atoms with Crippen LogP contribution in [-0.2, 0) is 33.3 Å². The van der Waals surface area contributed by atoms with Crippen molar-refractivity contribution in [3.63, 3.8) is 0 Å². The number of aliphatic hydroxyl groups is 1. The summed E-state index contributed by atoms with van der Waals surface area (Å²) in [7, 11) is 4.21. The van der Waals surface area contributed by atoms with Gasteiger partial charge in [0.1, 0.15) is 6.10 Å². The van der Waals surface area contributed by atoms with Crippen molar-refractivity contribution in [2.45, 2.75) is 65.0 Å². The molecule has 6 atom stereocenters. The van der Waals surface area contributed by atoms with Gasteiger partial charge in [0.05, 0.1) is 25.0 Å². The number of rotatable bonds is 4. The Morgan fingerprint density at radius 2 is 1.77 bits per heavy atom. The topological polar surface area (TPSA) is 163 Å². The summed E-state index contributed by atoms with van der Waals surface area (Å²) < 4.78 is 21.7. The van der Waals surface area contributed by atoms with Crippen LogP contribution in [0.4, 0.5) is 4.79 Å². The van der Waals surface area contributed by atoms with Crippen LogP contribution in [0.1, 0.15) is 40.5 Å². The van der Waals surface area contributed by atoms with Crippen molar-refractivity contribution in [3.8, 4) is 0 Å². The average molecular weight is 561 g/mol. The quantitative estimate of drug-likeness (QED) is 0.346. The molecule has 11 nitrogen and oxygen atoms in total. The minimum atomic E-state index is -1.00. The highest BCUT2D eigenvalue weighted by molar-refractivity contribution is 6.23. The second kappa shape index (κ2) is 14.7. The summed E-state index contributed by atoms with van der Waals surface area (Å²) in [6.45, 7) is 6.92. The normalized spacial score (nSPS) is 32.7. The predicted molar refractivity (Wildman–Crippen MR) is 147 cm³/mol. The van der Waals surface area contributed by atoms with Gasteiger partial charge in [-0.25, -0.2) is 4.79 Å². The van der Waals surface area contributed by atoms with E-state index in [1.165, 1.54) is 34.3 Å². The van der Waals surface area contributed by atoms with Gasteiger partial charge in [-0.2, -0.15) is 0 Å². The molecular weight excluding hydrogens is 520 g/mol. The van der Waals surface area contributed by atoms with E-state index in [1.54, 1.807) is 32.1 Å². The molecule has 0 aromatic heterocycles. The van der Waals surface area contributed by atoms with E-state index in [1.807, 2.05) is 6.92 Å². The lowest BCUT2D eigenvalue weighted by Crippen LogP contribution is -2.37. The summed E-state index contributed by atoms with van der Waals surface area (Å²) in [5, 5.41) is 13.7. The third-order valence-electron chi connectivity index (χ3n) is 6.95. The maximum atomic E-state index is 13.3. The molecule has 0 unspecified atom stereocenters. The molecular formula is C29H40N2O9. The summed E-state index contributed by atoms with van der Waals surface area (Å²) in [6, 6.07) is 0. The number of amides is 2. The molecule has 4 N–H and O–H groups in total. The van der Waals surface area contributed by atoms with Gasteiger partial charge in [-0.05, 0) is 38.2 Å². The molecule has 0 fully saturated rings. The standard InChI is InChI=1S/C29H40N2O9/c1-15-11-19-25(34)20(14-21(32)27(19)39-7)31-28(35)16(2)9-8-10-22(37-5)26(40-29(30)36)18(4)13-17(3)24(33)23(12-15)38-6/h8-10,13-15,17,22-24,26,33H,11-12H2,1-7H3,(H2,30,36)(H,31,35)/b10-8+,16-9+,18-13+/t15-,17-,22-,23-,24+,26-/m1/s1. The SMILES string of the molecule is COC1=C2C[C@@H](C)C[C@@H](OC)[C@@H](O)[C@H](C)/C=C(\C)[C@@H](OC(N)=O)[C@H](OC)/C=C/C=C(\C)C(=O)NC(=CC1=O)C2=O. The highest BCUT2D eigenvalue weighted by Gasteiger charge is 2.34. The van der Waals surface area contributed by atoms with Crippen LogP contribution in [0.25, 0.3) is 0 Å². The van der Waals surface area contributed by atoms with Crippen LogP contribution in [0.5, 0.6) is 0 Å².